The van der Waals surface area contributed by atoms with Gasteiger partial charge in [-0.25, -0.2) is 0 Å². The van der Waals surface area contributed by atoms with Crippen molar-refractivity contribution in [3.05, 3.63) is 29.8 Å². The molecule has 1 aromatic rings. The maximum atomic E-state index is 12.8. The van der Waals surface area contributed by atoms with Crippen molar-refractivity contribution in [2.24, 2.45) is 5.92 Å². The number of carboxylic acids is 1. The van der Waals surface area contributed by atoms with Crippen LogP contribution in [-0.2, 0) is 9.59 Å². The van der Waals surface area contributed by atoms with Gasteiger partial charge in [-0.3, -0.25) is 14.4 Å². The second-order valence-electron chi connectivity index (χ2n) is 6.21. The van der Waals surface area contributed by atoms with Gasteiger partial charge in [-0.2, -0.15) is 8.78 Å². The molecule has 0 spiro atoms. The minimum atomic E-state index is -3.05. The number of rotatable bonds is 7. The lowest BCUT2D eigenvalue weighted by atomic mass is 9.95. The van der Waals surface area contributed by atoms with Gasteiger partial charge in [0, 0.05) is 19.6 Å². The van der Waals surface area contributed by atoms with Gasteiger partial charge in [-0.05, 0) is 31.9 Å². The van der Waals surface area contributed by atoms with Crippen LogP contribution in [0.5, 0.6) is 5.75 Å². The van der Waals surface area contributed by atoms with Gasteiger partial charge in [-0.15, -0.1) is 0 Å². The van der Waals surface area contributed by atoms with Crippen LogP contribution in [0.1, 0.15) is 30.1 Å². The van der Waals surface area contributed by atoms with E-state index in [1.165, 1.54) is 28.0 Å². The molecule has 1 aromatic carbocycles. The van der Waals surface area contributed by atoms with Crippen molar-refractivity contribution in [2.45, 2.75) is 26.4 Å². The van der Waals surface area contributed by atoms with Crippen LogP contribution < -0.4 is 4.74 Å². The lowest BCUT2D eigenvalue weighted by Gasteiger charge is -2.34. The van der Waals surface area contributed by atoms with Gasteiger partial charge in [0.1, 0.15) is 12.3 Å². The average molecular weight is 384 g/mol. The SMILES string of the molecule is CCN(CC(=O)O)C(=O)C1CCCN(C(=O)c2ccccc2OC(F)F)C1. The predicted molar refractivity (Wildman–Crippen MR) is 91.6 cm³/mol. The number of alkyl halides is 2. The number of ether oxygens (including phenoxy) is 1. The molecule has 2 rings (SSSR count). The fourth-order valence-electron chi connectivity index (χ4n) is 3.14. The molecule has 0 saturated carbocycles. The number of carbonyl (C=O) groups excluding carboxylic acids is 2. The largest absolute Gasteiger partial charge is 0.480 e. The van der Waals surface area contributed by atoms with Crippen molar-refractivity contribution >= 4 is 17.8 Å². The number of para-hydroxylation sites is 1. The summed E-state index contributed by atoms with van der Waals surface area (Å²) in [7, 11) is 0. The molecule has 0 aromatic heterocycles. The Hall–Kier alpha value is -2.71. The van der Waals surface area contributed by atoms with Crippen molar-refractivity contribution in [2.75, 3.05) is 26.2 Å². The molecule has 1 heterocycles. The van der Waals surface area contributed by atoms with Crippen molar-refractivity contribution in [1.29, 1.82) is 0 Å². The van der Waals surface area contributed by atoms with Crippen LogP contribution in [0.2, 0.25) is 0 Å². The maximum absolute atomic E-state index is 12.8. The van der Waals surface area contributed by atoms with Crippen molar-refractivity contribution in [3.8, 4) is 5.75 Å². The molecular weight excluding hydrogens is 362 g/mol. The second-order valence-corrected chi connectivity index (χ2v) is 6.21. The van der Waals surface area contributed by atoms with E-state index in [4.69, 9.17) is 5.11 Å². The van der Waals surface area contributed by atoms with Gasteiger partial charge in [-0.1, -0.05) is 12.1 Å². The van der Waals surface area contributed by atoms with E-state index in [-0.39, 0.29) is 30.3 Å². The third kappa shape index (κ3) is 5.38. The van der Waals surface area contributed by atoms with E-state index < -0.39 is 31.0 Å². The number of carbonyl (C=O) groups is 3. The Kier molecular flexibility index (Phi) is 7.09. The number of hydrogen-bond acceptors (Lipinski definition) is 4. The first-order valence-corrected chi connectivity index (χ1v) is 8.67. The number of aliphatic carboxylic acids is 1. The summed E-state index contributed by atoms with van der Waals surface area (Å²) in [4.78, 5) is 38.9. The lowest BCUT2D eigenvalue weighted by molar-refractivity contribution is -0.146. The molecular formula is C18H22F2N2O5. The molecule has 0 radical (unpaired) electrons. The van der Waals surface area contributed by atoms with Gasteiger partial charge >= 0.3 is 12.6 Å². The first-order chi connectivity index (χ1) is 12.8. The first kappa shape index (κ1) is 20.6. The van der Waals surface area contributed by atoms with Crippen molar-refractivity contribution < 1.29 is 33.0 Å². The molecule has 0 aliphatic carbocycles. The summed E-state index contributed by atoms with van der Waals surface area (Å²) < 4.78 is 29.5. The molecule has 1 aliphatic heterocycles. The molecule has 148 valence electrons. The van der Waals surface area contributed by atoms with Gasteiger partial charge < -0.3 is 19.6 Å². The van der Waals surface area contributed by atoms with Gasteiger partial charge in [0.25, 0.3) is 5.91 Å². The quantitative estimate of drug-likeness (QED) is 0.778. The van der Waals surface area contributed by atoms with Crippen LogP contribution in [0.3, 0.4) is 0 Å². The maximum Gasteiger partial charge on any atom is 0.387 e. The number of likely N-dealkylation sites (tertiary alicyclic amines) is 1. The van der Waals surface area contributed by atoms with Crippen LogP contribution in [-0.4, -0.2) is 65.5 Å². The molecule has 9 heteroatoms. The fourth-order valence-corrected chi connectivity index (χ4v) is 3.14. The number of likely N-dealkylation sites (N-methyl/N-ethyl adjacent to an activating group) is 1. The number of hydrogen-bond donors (Lipinski definition) is 1. The molecule has 7 nitrogen and oxygen atoms in total. The number of halogens is 2. The third-order valence-electron chi connectivity index (χ3n) is 4.41. The smallest absolute Gasteiger partial charge is 0.387 e. The Morgan fingerprint density at radius 2 is 2.04 bits per heavy atom. The topological polar surface area (TPSA) is 87.2 Å². The number of nitrogens with zero attached hydrogens (tertiary/aromatic N) is 2. The molecule has 2 amide bonds. The summed E-state index contributed by atoms with van der Waals surface area (Å²) in [6.07, 6.45) is 1.10. The lowest BCUT2D eigenvalue weighted by Crippen LogP contribution is -2.47. The highest BCUT2D eigenvalue weighted by atomic mass is 19.3. The van der Waals surface area contributed by atoms with Crippen LogP contribution in [0.4, 0.5) is 8.78 Å². The minimum Gasteiger partial charge on any atom is -0.480 e. The van der Waals surface area contributed by atoms with E-state index in [1.807, 2.05) is 0 Å². The molecule has 1 unspecified atom stereocenters. The second kappa shape index (κ2) is 9.29. The fraction of sp³-hybridized carbons (Fsp3) is 0.500. The van der Waals surface area contributed by atoms with Gasteiger partial charge in [0.05, 0.1) is 11.5 Å². The van der Waals surface area contributed by atoms with Crippen LogP contribution in [0.25, 0.3) is 0 Å². The molecule has 1 saturated heterocycles. The summed E-state index contributed by atoms with van der Waals surface area (Å²) in [5, 5.41) is 8.92. The first-order valence-electron chi connectivity index (χ1n) is 8.67. The van der Waals surface area contributed by atoms with E-state index >= 15 is 0 Å². The van der Waals surface area contributed by atoms with E-state index in [1.54, 1.807) is 13.0 Å². The van der Waals surface area contributed by atoms with Crippen molar-refractivity contribution in [1.82, 2.24) is 9.80 Å². The molecule has 1 atom stereocenters. The zero-order chi connectivity index (χ0) is 20.0. The standard InChI is InChI=1S/C18H22F2N2O5/c1-2-21(11-15(23)24)16(25)12-6-5-9-22(10-12)17(26)13-7-3-4-8-14(13)27-18(19)20/h3-4,7-8,12,18H,2,5-6,9-11H2,1H3,(H,23,24). The van der Waals surface area contributed by atoms with Crippen molar-refractivity contribution in [3.63, 3.8) is 0 Å². The summed E-state index contributed by atoms with van der Waals surface area (Å²) in [6.45, 7) is -1.02. The minimum absolute atomic E-state index is 0.00350. The highest BCUT2D eigenvalue weighted by molar-refractivity contribution is 5.97. The number of amides is 2. The predicted octanol–water partition coefficient (Wildman–Crippen LogP) is 2.07. The van der Waals surface area contributed by atoms with Crippen LogP contribution in [0.15, 0.2) is 24.3 Å². The highest BCUT2D eigenvalue weighted by Gasteiger charge is 2.32. The van der Waals surface area contributed by atoms with E-state index in [2.05, 4.69) is 4.74 Å². The molecule has 1 aliphatic rings. The van der Waals surface area contributed by atoms with E-state index in [0.717, 1.165) is 0 Å². The Balaban J connectivity index is 2.13. The highest BCUT2D eigenvalue weighted by Crippen LogP contribution is 2.25. The Labute approximate surface area is 155 Å². The van der Waals surface area contributed by atoms with Crippen LogP contribution in [0, 0.1) is 5.92 Å². The zero-order valence-electron chi connectivity index (χ0n) is 14.9. The summed E-state index contributed by atoms with van der Waals surface area (Å²) in [5.41, 5.74) is 0.00350. The number of piperidine rings is 1. The Bertz CT molecular complexity index is 698. The third-order valence-corrected chi connectivity index (χ3v) is 4.41. The Morgan fingerprint density at radius 3 is 2.67 bits per heavy atom. The summed E-state index contributed by atoms with van der Waals surface area (Å²) in [6, 6.07) is 5.72. The van der Waals surface area contributed by atoms with Crippen LogP contribution >= 0.6 is 0 Å². The monoisotopic (exact) mass is 384 g/mol. The average Bonchev–Trinajstić information content (AvgIpc) is 2.65. The van der Waals surface area contributed by atoms with Gasteiger partial charge in [0.15, 0.2) is 0 Å². The van der Waals surface area contributed by atoms with E-state index in [9.17, 15) is 23.2 Å². The van der Waals surface area contributed by atoms with Gasteiger partial charge in [0.2, 0.25) is 5.91 Å². The summed E-state index contributed by atoms with van der Waals surface area (Å²) in [5.74, 6) is -2.66. The summed E-state index contributed by atoms with van der Waals surface area (Å²) >= 11 is 0. The molecule has 1 N–H and O–H groups in total. The molecule has 0 bridgehead atoms. The number of carboxylic acid groups (broad SMARTS) is 1. The molecule has 27 heavy (non-hydrogen) atoms. The molecule has 1 fully saturated rings. The van der Waals surface area contributed by atoms with E-state index in [0.29, 0.717) is 19.4 Å². The number of benzene rings is 1. The Morgan fingerprint density at radius 1 is 1.33 bits per heavy atom. The normalized spacial score (nSPS) is 16.9. The zero-order valence-corrected chi connectivity index (χ0v) is 14.9.